The van der Waals surface area contributed by atoms with E-state index in [1.165, 1.54) is 12.1 Å². The van der Waals surface area contributed by atoms with Crippen LogP contribution in [0.5, 0.6) is 0 Å². The summed E-state index contributed by atoms with van der Waals surface area (Å²) < 4.78 is 18.9. The number of benzene rings is 1. The molecule has 0 saturated carbocycles. The van der Waals surface area contributed by atoms with E-state index in [4.69, 9.17) is 15.0 Å². The highest BCUT2D eigenvalue weighted by Gasteiger charge is 2.23. The minimum absolute atomic E-state index is 0.0255. The van der Waals surface area contributed by atoms with Crippen LogP contribution < -0.4 is 5.32 Å². The van der Waals surface area contributed by atoms with Gasteiger partial charge in [-0.15, -0.1) is 0 Å². The zero-order valence-corrected chi connectivity index (χ0v) is 16.7. The monoisotopic (exact) mass is 409 g/mol. The van der Waals surface area contributed by atoms with E-state index in [0.29, 0.717) is 24.6 Å². The summed E-state index contributed by atoms with van der Waals surface area (Å²) in [7, 11) is 0. The molecule has 0 aliphatic carbocycles. The first-order chi connectivity index (χ1) is 14.6. The number of carbonyl (C=O) groups is 1. The number of ether oxygens (including phenoxy) is 1. The number of hydrogen-bond donors (Lipinski definition) is 1. The van der Waals surface area contributed by atoms with Crippen LogP contribution in [-0.2, 0) is 30.7 Å². The van der Waals surface area contributed by atoms with Gasteiger partial charge in [-0.3, -0.25) is 0 Å². The number of nitrogens with one attached hydrogen (secondary N) is 1. The normalized spacial score (nSPS) is 16.6. The molecule has 2 aromatic rings. The maximum absolute atomic E-state index is 13.4. The molecule has 0 atom stereocenters. The molecular weight excluding hydrogens is 385 g/mol. The van der Waals surface area contributed by atoms with Gasteiger partial charge in [0, 0.05) is 38.9 Å². The molecule has 1 fully saturated rings. The van der Waals surface area contributed by atoms with Crippen molar-refractivity contribution in [3.8, 4) is 6.07 Å². The molecule has 0 unspecified atom stereocenters. The fourth-order valence-electron chi connectivity index (χ4n) is 3.88. The van der Waals surface area contributed by atoms with Gasteiger partial charge in [0.15, 0.2) is 0 Å². The van der Waals surface area contributed by atoms with Crippen molar-refractivity contribution < 1.29 is 13.9 Å². The van der Waals surface area contributed by atoms with E-state index in [2.05, 4.69) is 10.3 Å². The van der Waals surface area contributed by atoms with Crippen molar-refractivity contribution in [3.05, 3.63) is 58.4 Å². The second kappa shape index (κ2) is 9.18. The van der Waals surface area contributed by atoms with Crippen molar-refractivity contribution in [2.24, 2.45) is 5.92 Å². The first-order valence-corrected chi connectivity index (χ1v) is 10.2. The van der Waals surface area contributed by atoms with Crippen LogP contribution in [0.3, 0.4) is 0 Å². The molecule has 1 saturated heterocycles. The number of amides is 2. The predicted octanol–water partition coefficient (Wildman–Crippen LogP) is 2.72. The van der Waals surface area contributed by atoms with Crippen molar-refractivity contribution in [1.82, 2.24) is 20.2 Å². The highest BCUT2D eigenvalue weighted by molar-refractivity contribution is 5.74. The Kier molecular flexibility index (Phi) is 6.19. The molecule has 1 aromatic carbocycles. The smallest absolute Gasteiger partial charge is 0.318 e. The molecule has 2 aliphatic rings. The SMILES string of the molecule is N#Cc1cc(CNC(=O)N2CCc3cnc(CC4CCOCC4)nc3C2)ccc1F. The Bertz CT molecular complexity index is 968. The summed E-state index contributed by atoms with van der Waals surface area (Å²) in [5, 5.41) is 11.8. The van der Waals surface area contributed by atoms with Crippen LogP contribution in [0, 0.1) is 23.1 Å². The minimum atomic E-state index is -0.559. The summed E-state index contributed by atoms with van der Waals surface area (Å²) in [5.74, 6) is 0.823. The first kappa shape index (κ1) is 20.2. The number of nitriles is 1. The number of halogens is 1. The number of fused-ring (bicyclic) bond motifs is 1. The largest absolute Gasteiger partial charge is 0.381 e. The second-order valence-corrected chi connectivity index (χ2v) is 7.77. The maximum atomic E-state index is 13.4. The summed E-state index contributed by atoms with van der Waals surface area (Å²) in [6, 6.07) is 5.88. The van der Waals surface area contributed by atoms with Crippen LogP contribution in [0.2, 0.25) is 0 Å². The lowest BCUT2D eigenvalue weighted by Gasteiger charge is -2.28. The second-order valence-electron chi connectivity index (χ2n) is 7.77. The quantitative estimate of drug-likeness (QED) is 0.838. The molecule has 1 aromatic heterocycles. The van der Waals surface area contributed by atoms with Crippen LogP contribution >= 0.6 is 0 Å². The molecule has 7 nitrogen and oxygen atoms in total. The number of aromatic nitrogens is 2. The third kappa shape index (κ3) is 4.74. The van der Waals surface area contributed by atoms with Gasteiger partial charge >= 0.3 is 6.03 Å². The molecule has 4 rings (SSSR count). The van der Waals surface area contributed by atoms with Crippen molar-refractivity contribution in [3.63, 3.8) is 0 Å². The van der Waals surface area contributed by atoms with Gasteiger partial charge in [0.05, 0.1) is 17.8 Å². The van der Waals surface area contributed by atoms with Gasteiger partial charge in [-0.1, -0.05) is 6.07 Å². The number of rotatable bonds is 4. The van der Waals surface area contributed by atoms with Gasteiger partial charge in [0.2, 0.25) is 0 Å². The summed E-state index contributed by atoms with van der Waals surface area (Å²) >= 11 is 0. The van der Waals surface area contributed by atoms with Gasteiger partial charge in [-0.25, -0.2) is 19.2 Å². The van der Waals surface area contributed by atoms with Crippen molar-refractivity contribution in [1.29, 1.82) is 5.26 Å². The lowest BCUT2D eigenvalue weighted by Crippen LogP contribution is -2.43. The van der Waals surface area contributed by atoms with E-state index in [9.17, 15) is 9.18 Å². The van der Waals surface area contributed by atoms with Crippen LogP contribution in [-0.4, -0.2) is 40.7 Å². The van der Waals surface area contributed by atoms with Gasteiger partial charge in [0.25, 0.3) is 0 Å². The van der Waals surface area contributed by atoms with Gasteiger partial charge in [-0.2, -0.15) is 5.26 Å². The summed E-state index contributed by atoms with van der Waals surface area (Å²) in [4.78, 5) is 23.6. The minimum Gasteiger partial charge on any atom is -0.381 e. The molecule has 8 heteroatoms. The molecule has 0 radical (unpaired) electrons. The third-order valence-corrected chi connectivity index (χ3v) is 5.69. The average molecular weight is 409 g/mol. The maximum Gasteiger partial charge on any atom is 0.318 e. The van der Waals surface area contributed by atoms with E-state index in [1.54, 1.807) is 11.0 Å². The summed E-state index contributed by atoms with van der Waals surface area (Å²) in [5.41, 5.74) is 2.65. The summed E-state index contributed by atoms with van der Waals surface area (Å²) in [6.07, 6.45) is 5.52. The third-order valence-electron chi connectivity index (χ3n) is 5.69. The molecule has 2 amide bonds. The zero-order valence-electron chi connectivity index (χ0n) is 16.7. The molecule has 1 N–H and O–H groups in total. The Labute approximate surface area is 174 Å². The van der Waals surface area contributed by atoms with E-state index in [0.717, 1.165) is 56.0 Å². The van der Waals surface area contributed by atoms with E-state index in [1.807, 2.05) is 12.3 Å². The Morgan fingerprint density at radius 1 is 1.37 bits per heavy atom. The van der Waals surface area contributed by atoms with E-state index >= 15 is 0 Å². The zero-order chi connectivity index (χ0) is 20.9. The van der Waals surface area contributed by atoms with Gasteiger partial charge < -0.3 is 15.0 Å². The first-order valence-electron chi connectivity index (χ1n) is 10.2. The Hall–Kier alpha value is -3.05. The van der Waals surface area contributed by atoms with E-state index in [-0.39, 0.29) is 18.1 Å². The average Bonchev–Trinajstić information content (AvgIpc) is 2.78. The molecule has 2 aliphatic heterocycles. The fraction of sp³-hybridized carbons (Fsp3) is 0.455. The summed E-state index contributed by atoms with van der Waals surface area (Å²) in [6.45, 7) is 2.86. The highest BCUT2D eigenvalue weighted by atomic mass is 19.1. The molecular formula is C22H24FN5O2. The van der Waals surface area contributed by atoms with Crippen molar-refractivity contribution >= 4 is 6.03 Å². The Balaban J connectivity index is 1.36. The fourth-order valence-corrected chi connectivity index (χ4v) is 3.88. The van der Waals surface area contributed by atoms with E-state index < -0.39 is 5.82 Å². The van der Waals surface area contributed by atoms with Crippen LogP contribution in [0.25, 0.3) is 0 Å². The number of hydrogen-bond acceptors (Lipinski definition) is 5. The Morgan fingerprint density at radius 2 is 2.20 bits per heavy atom. The number of urea groups is 1. The van der Waals surface area contributed by atoms with Crippen LogP contribution in [0.1, 0.15) is 41.1 Å². The molecule has 0 bridgehead atoms. The standard InChI is InChI=1S/C22H24FN5O2/c23-19-2-1-16(9-18(19)11-24)12-26-22(29)28-6-3-17-13-25-21(27-20(17)14-28)10-15-4-7-30-8-5-15/h1-2,9,13,15H,3-8,10,12,14H2,(H,26,29). The van der Waals surface area contributed by atoms with Gasteiger partial charge in [0.1, 0.15) is 17.7 Å². The number of nitrogens with zero attached hydrogens (tertiary/aromatic N) is 4. The lowest BCUT2D eigenvalue weighted by molar-refractivity contribution is 0.0659. The Morgan fingerprint density at radius 3 is 3.00 bits per heavy atom. The van der Waals surface area contributed by atoms with Crippen LogP contribution in [0.15, 0.2) is 24.4 Å². The van der Waals surface area contributed by atoms with Gasteiger partial charge in [-0.05, 0) is 48.4 Å². The molecule has 30 heavy (non-hydrogen) atoms. The predicted molar refractivity (Wildman–Crippen MR) is 107 cm³/mol. The number of carbonyl (C=O) groups excluding carboxylic acids is 1. The topological polar surface area (TPSA) is 91.1 Å². The lowest BCUT2D eigenvalue weighted by atomic mass is 9.96. The van der Waals surface area contributed by atoms with Crippen LogP contribution in [0.4, 0.5) is 9.18 Å². The molecule has 3 heterocycles. The van der Waals surface area contributed by atoms with Crippen molar-refractivity contribution in [2.75, 3.05) is 19.8 Å². The molecule has 0 spiro atoms. The highest BCUT2D eigenvalue weighted by Crippen LogP contribution is 2.21. The molecule has 156 valence electrons. The van der Waals surface area contributed by atoms with Crippen molar-refractivity contribution in [2.45, 2.75) is 38.8 Å².